The van der Waals surface area contributed by atoms with Gasteiger partial charge in [-0.1, -0.05) is 24.8 Å². The van der Waals surface area contributed by atoms with E-state index in [-0.39, 0.29) is 0 Å². The maximum atomic E-state index is 12.2. The average molecular weight is 166 g/mol. The van der Waals surface area contributed by atoms with E-state index >= 15 is 0 Å². The highest BCUT2D eigenvalue weighted by atomic mass is 19.1. The Bertz CT molecular complexity index is 242. The normalized spacial score (nSPS) is 14.0. The maximum absolute atomic E-state index is 12.2. The molecule has 0 heterocycles. The average Bonchev–Trinajstić information content (AvgIpc) is 2.04. The molecule has 0 amide bonds. The molecule has 0 aliphatic carbocycles. The monoisotopic (exact) mass is 166 g/mol. The molecule has 0 aromatic heterocycles. The minimum atomic E-state index is -0.418. The summed E-state index contributed by atoms with van der Waals surface area (Å²) >= 11 is 0. The molecule has 0 bridgehead atoms. The van der Waals surface area contributed by atoms with E-state index in [2.05, 4.69) is 6.58 Å². The number of allylic oxidation sites excluding steroid dienone is 7. The summed E-state index contributed by atoms with van der Waals surface area (Å²) in [7, 11) is 0. The van der Waals surface area contributed by atoms with Crippen LogP contribution in [0.3, 0.4) is 0 Å². The molecule has 12 heavy (non-hydrogen) atoms. The van der Waals surface area contributed by atoms with E-state index in [0.717, 1.165) is 11.1 Å². The minimum Gasteiger partial charge on any atom is -0.208 e. The lowest BCUT2D eigenvalue weighted by atomic mass is 10.1. The predicted octanol–water partition coefficient (Wildman–Crippen LogP) is 3.94. The first-order valence-electron chi connectivity index (χ1n) is 3.94. The van der Waals surface area contributed by atoms with Crippen LogP contribution in [-0.2, 0) is 0 Å². The third-order valence-corrected chi connectivity index (χ3v) is 1.64. The Kier molecular flexibility index (Phi) is 5.02. The fraction of sp³-hybridized carbons (Fsp3) is 0.273. The van der Waals surface area contributed by atoms with Crippen LogP contribution >= 0.6 is 0 Å². The zero-order chi connectivity index (χ0) is 9.56. The van der Waals surface area contributed by atoms with Crippen molar-refractivity contribution >= 4 is 0 Å². The zero-order valence-corrected chi connectivity index (χ0v) is 7.89. The number of rotatable bonds is 3. The molecule has 66 valence electrons. The lowest BCUT2D eigenvalue weighted by molar-refractivity contribution is 0.671. The van der Waals surface area contributed by atoms with Crippen molar-refractivity contribution in [3.05, 3.63) is 47.9 Å². The Labute approximate surface area is 73.8 Å². The molecule has 0 aliphatic heterocycles. The summed E-state index contributed by atoms with van der Waals surface area (Å²) < 4.78 is 12.2. The van der Waals surface area contributed by atoms with Crippen molar-refractivity contribution in [1.29, 1.82) is 0 Å². The SMILES string of the molecule is C=C(F)\C=C/C(=C\C)C(/C)=C/C. The highest BCUT2D eigenvalue weighted by molar-refractivity contribution is 5.39. The van der Waals surface area contributed by atoms with Gasteiger partial charge in [-0.05, 0) is 38.0 Å². The Morgan fingerprint density at radius 1 is 1.17 bits per heavy atom. The van der Waals surface area contributed by atoms with Gasteiger partial charge in [-0.2, -0.15) is 0 Å². The van der Waals surface area contributed by atoms with Gasteiger partial charge in [0.2, 0.25) is 0 Å². The molecule has 0 aromatic rings. The van der Waals surface area contributed by atoms with Crippen LogP contribution in [-0.4, -0.2) is 0 Å². The molecule has 0 nitrogen and oxygen atoms in total. The Hall–Kier alpha value is -1.11. The molecule has 0 saturated carbocycles. The molecule has 0 saturated heterocycles. The number of hydrogen-bond acceptors (Lipinski definition) is 0. The molecule has 0 unspecified atom stereocenters. The van der Waals surface area contributed by atoms with Crippen LogP contribution < -0.4 is 0 Å². The van der Waals surface area contributed by atoms with Crippen LogP contribution in [0.2, 0.25) is 0 Å². The van der Waals surface area contributed by atoms with Crippen LogP contribution in [0.1, 0.15) is 20.8 Å². The quantitative estimate of drug-likeness (QED) is 0.557. The van der Waals surface area contributed by atoms with Crippen molar-refractivity contribution in [3.63, 3.8) is 0 Å². The first-order chi connectivity index (χ1) is 5.61. The van der Waals surface area contributed by atoms with Gasteiger partial charge in [0, 0.05) is 0 Å². The summed E-state index contributed by atoms with van der Waals surface area (Å²) in [6.07, 6.45) is 7.01. The van der Waals surface area contributed by atoms with E-state index in [1.165, 1.54) is 6.08 Å². The summed E-state index contributed by atoms with van der Waals surface area (Å²) in [5.41, 5.74) is 2.16. The molecule has 0 N–H and O–H groups in total. The molecule has 0 radical (unpaired) electrons. The van der Waals surface area contributed by atoms with E-state index in [1.54, 1.807) is 6.08 Å². The van der Waals surface area contributed by atoms with Crippen molar-refractivity contribution in [3.8, 4) is 0 Å². The molecule has 0 spiro atoms. The molecule has 1 heteroatoms. The molecular formula is C11H15F. The molecular weight excluding hydrogens is 151 g/mol. The van der Waals surface area contributed by atoms with Gasteiger partial charge in [-0.25, -0.2) is 4.39 Å². The molecule has 0 rings (SSSR count). The van der Waals surface area contributed by atoms with Gasteiger partial charge in [0.15, 0.2) is 0 Å². The minimum absolute atomic E-state index is 0.418. The second-order valence-corrected chi connectivity index (χ2v) is 2.50. The van der Waals surface area contributed by atoms with Crippen molar-refractivity contribution in [2.24, 2.45) is 0 Å². The van der Waals surface area contributed by atoms with Gasteiger partial charge >= 0.3 is 0 Å². The van der Waals surface area contributed by atoms with Crippen LogP contribution in [0.25, 0.3) is 0 Å². The third kappa shape index (κ3) is 3.91. The van der Waals surface area contributed by atoms with Crippen LogP contribution in [0, 0.1) is 0 Å². The third-order valence-electron chi connectivity index (χ3n) is 1.64. The molecule has 0 fully saturated rings. The van der Waals surface area contributed by atoms with E-state index in [1.807, 2.05) is 32.9 Å². The summed E-state index contributed by atoms with van der Waals surface area (Å²) in [5, 5.41) is 0. The van der Waals surface area contributed by atoms with E-state index < -0.39 is 5.83 Å². The fourth-order valence-corrected chi connectivity index (χ4v) is 0.802. The van der Waals surface area contributed by atoms with Crippen molar-refractivity contribution in [2.45, 2.75) is 20.8 Å². The van der Waals surface area contributed by atoms with Gasteiger partial charge in [0.1, 0.15) is 5.83 Å². The first kappa shape index (κ1) is 10.9. The summed E-state index contributed by atoms with van der Waals surface area (Å²) in [6, 6.07) is 0. The van der Waals surface area contributed by atoms with Gasteiger partial charge in [0.25, 0.3) is 0 Å². The van der Waals surface area contributed by atoms with E-state index in [9.17, 15) is 4.39 Å². The highest BCUT2D eigenvalue weighted by Gasteiger charge is 1.91. The van der Waals surface area contributed by atoms with Crippen molar-refractivity contribution in [1.82, 2.24) is 0 Å². The largest absolute Gasteiger partial charge is 0.208 e. The van der Waals surface area contributed by atoms with E-state index in [4.69, 9.17) is 0 Å². The number of hydrogen-bond donors (Lipinski definition) is 0. The van der Waals surface area contributed by atoms with Crippen LogP contribution in [0.15, 0.2) is 47.9 Å². The fourth-order valence-electron chi connectivity index (χ4n) is 0.802. The Balaban J connectivity index is 4.52. The van der Waals surface area contributed by atoms with Crippen LogP contribution in [0.4, 0.5) is 4.39 Å². The van der Waals surface area contributed by atoms with Crippen molar-refractivity contribution in [2.75, 3.05) is 0 Å². The summed E-state index contributed by atoms with van der Waals surface area (Å²) in [5.74, 6) is -0.418. The molecule has 0 atom stereocenters. The molecule has 0 aliphatic rings. The smallest absolute Gasteiger partial charge is 0.116 e. The van der Waals surface area contributed by atoms with E-state index in [0.29, 0.717) is 0 Å². The Morgan fingerprint density at radius 3 is 2.08 bits per heavy atom. The summed E-state index contributed by atoms with van der Waals surface area (Å²) in [6.45, 7) is 9.01. The lowest BCUT2D eigenvalue weighted by Gasteiger charge is -1.99. The Morgan fingerprint density at radius 2 is 1.75 bits per heavy atom. The predicted molar refractivity (Wildman–Crippen MR) is 52.6 cm³/mol. The van der Waals surface area contributed by atoms with Crippen molar-refractivity contribution < 1.29 is 4.39 Å². The second-order valence-electron chi connectivity index (χ2n) is 2.50. The summed E-state index contributed by atoms with van der Waals surface area (Å²) in [4.78, 5) is 0. The topological polar surface area (TPSA) is 0 Å². The lowest BCUT2D eigenvalue weighted by Crippen LogP contribution is -1.79. The van der Waals surface area contributed by atoms with Gasteiger partial charge in [-0.3, -0.25) is 0 Å². The highest BCUT2D eigenvalue weighted by Crippen LogP contribution is 2.11. The van der Waals surface area contributed by atoms with Gasteiger partial charge < -0.3 is 0 Å². The maximum Gasteiger partial charge on any atom is 0.116 e. The van der Waals surface area contributed by atoms with Gasteiger partial charge in [-0.15, -0.1) is 0 Å². The zero-order valence-electron chi connectivity index (χ0n) is 7.89. The number of halogens is 1. The second kappa shape index (κ2) is 5.53. The van der Waals surface area contributed by atoms with Crippen LogP contribution in [0.5, 0.6) is 0 Å². The molecule has 0 aromatic carbocycles. The standard InChI is InChI=1S/C11H15F/c1-5-9(3)11(6-2)8-7-10(4)12/h5-8H,4H2,1-3H3/b8-7-,9-5+,11-6+. The van der Waals surface area contributed by atoms with Gasteiger partial charge in [0.05, 0.1) is 0 Å². The first-order valence-corrected chi connectivity index (χ1v) is 3.94.